The van der Waals surface area contributed by atoms with E-state index in [-0.39, 0.29) is 5.97 Å². The van der Waals surface area contributed by atoms with Crippen molar-refractivity contribution in [2.75, 3.05) is 47.1 Å². The second kappa shape index (κ2) is 10.4. The molecule has 0 heterocycles. The second-order valence-electron chi connectivity index (χ2n) is 4.47. The summed E-state index contributed by atoms with van der Waals surface area (Å²) in [6.45, 7) is 3.19. The van der Waals surface area contributed by atoms with Crippen molar-refractivity contribution in [3.05, 3.63) is 29.3 Å². The molecule has 0 N–H and O–H groups in total. The molecular weight excluding hydrogens is 294 g/mol. The average Bonchev–Trinajstić information content (AvgIpc) is 2.49. The quantitative estimate of drug-likeness (QED) is 0.620. The lowest BCUT2D eigenvalue weighted by Gasteiger charge is -2.21. The molecule has 1 aromatic carbocycles. The number of esters is 1. The van der Waals surface area contributed by atoms with Crippen LogP contribution in [0.4, 0.5) is 0 Å². The highest BCUT2D eigenvalue weighted by atomic mass is 35.5. The summed E-state index contributed by atoms with van der Waals surface area (Å²) in [6, 6.07) is 7.28. The maximum Gasteiger partial charge on any atom is 0.306 e. The molecule has 118 valence electrons. The molecule has 6 heteroatoms. The van der Waals surface area contributed by atoms with E-state index in [4.69, 9.17) is 21.1 Å². The lowest BCUT2D eigenvalue weighted by atomic mass is 10.3. The van der Waals surface area contributed by atoms with E-state index in [0.717, 1.165) is 12.3 Å². The van der Waals surface area contributed by atoms with Crippen LogP contribution < -0.4 is 4.74 Å². The van der Waals surface area contributed by atoms with Crippen LogP contribution in [-0.4, -0.2) is 57.9 Å². The molecular formula is C15H22ClNO4. The van der Waals surface area contributed by atoms with Gasteiger partial charge < -0.3 is 14.2 Å². The fourth-order valence-corrected chi connectivity index (χ4v) is 1.94. The second-order valence-corrected chi connectivity index (χ2v) is 4.90. The monoisotopic (exact) mass is 315 g/mol. The summed E-state index contributed by atoms with van der Waals surface area (Å²) in [5.41, 5.74) is 0. The fourth-order valence-electron chi connectivity index (χ4n) is 1.76. The Labute approximate surface area is 130 Å². The minimum Gasteiger partial charge on any atom is -0.492 e. The topological polar surface area (TPSA) is 48.0 Å². The van der Waals surface area contributed by atoms with Gasteiger partial charge in [-0.25, -0.2) is 0 Å². The Balaban J connectivity index is 2.35. The molecule has 0 unspecified atom stereocenters. The maximum absolute atomic E-state index is 11.2. The highest BCUT2D eigenvalue weighted by Crippen LogP contribution is 2.16. The van der Waals surface area contributed by atoms with Gasteiger partial charge in [-0.1, -0.05) is 17.7 Å². The first-order chi connectivity index (χ1) is 10.2. The molecule has 0 aromatic heterocycles. The molecule has 0 bridgehead atoms. The Morgan fingerprint density at radius 2 is 1.95 bits per heavy atom. The number of halogens is 1. The van der Waals surface area contributed by atoms with Crippen molar-refractivity contribution >= 4 is 17.6 Å². The first kappa shape index (κ1) is 17.8. The number of methoxy groups -OCH3 is 2. The van der Waals surface area contributed by atoms with Gasteiger partial charge in [0.2, 0.25) is 0 Å². The van der Waals surface area contributed by atoms with Gasteiger partial charge in [-0.15, -0.1) is 0 Å². The van der Waals surface area contributed by atoms with Gasteiger partial charge in [0.15, 0.2) is 0 Å². The van der Waals surface area contributed by atoms with Crippen LogP contribution in [0.1, 0.15) is 6.42 Å². The number of nitrogens with zero attached hydrogens (tertiary/aromatic N) is 1. The first-order valence-corrected chi connectivity index (χ1v) is 7.20. The number of rotatable bonds is 10. The largest absolute Gasteiger partial charge is 0.492 e. The molecule has 21 heavy (non-hydrogen) atoms. The lowest BCUT2D eigenvalue weighted by Crippen LogP contribution is -2.33. The van der Waals surface area contributed by atoms with E-state index < -0.39 is 0 Å². The highest BCUT2D eigenvalue weighted by Gasteiger charge is 2.08. The third-order valence-electron chi connectivity index (χ3n) is 2.94. The van der Waals surface area contributed by atoms with Crippen LogP contribution in [-0.2, 0) is 14.3 Å². The number of hydrogen-bond acceptors (Lipinski definition) is 5. The van der Waals surface area contributed by atoms with Crippen molar-refractivity contribution in [1.29, 1.82) is 0 Å². The summed E-state index contributed by atoms with van der Waals surface area (Å²) < 4.78 is 15.4. The van der Waals surface area contributed by atoms with E-state index in [1.807, 2.05) is 12.1 Å². The van der Waals surface area contributed by atoms with Gasteiger partial charge in [0.05, 0.1) is 20.1 Å². The third-order valence-corrected chi connectivity index (χ3v) is 3.18. The van der Waals surface area contributed by atoms with Crippen molar-refractivity contribution in [1.82, 2.24) is 4.90 Å². The minimum atomic E-state index is -0.215. The van der Waals surface area contributed by atoms with Gasteiger partial charge in [0, 0.05) is 31.8 Å². The zero-order chi connectivity index (χ0) is 15.5. The Kier molecular flexibility index (Phi) is 8.82. The van der Waals surface area contributed by atoms with Crippen molar-refractivity contribution in [2.24, 2.45) is 0 Å². The van der Waals surface area contributed by atoms with Crippen LogP contribution in [0.2, 0.25) is 5.02 Å². The summed E-state index contributed by atoms with van der Waals surface area (Å²) in [5.74, 6) is 0.523. The molecule has 0 aliphatic carbocycles. The van der Waals surface area contributed by atoms with Crippen molar-refractivity contribution in [3.63, 3.8) is 0 Å². The number of ether oxygens (including phenoxy) is 3. The minimum absolute atomic E-state index is 0.215. The van der Waals surface area contributed by atoms with Crippen LogP contribution in [0.5, 0.6) is 5.75 Å². The fraction of sp³-hybridized carbons (Fsp3) is 0.533. The molecule has 0 saturated carbocycles. The standard InChI is InChI=1S/C15H22ClNO4/c1-19-10-8-17(7-6-15(18)20-2)9-11-21-14-5-3-4-13(16)12-14/h3-5,12H,6-11H2,1-2H3. The van der Waals surface area contributed by atoms with E-state index in [0.29, 0.717) is 37.7 Å². The van der Waals surface area contributed by atoms with Gasteiger partial charge in [-0.2, -0.15) is 0 Å². The number of carbonyl (C=O) groups is 1. The molecule has 0 atom stereocenters. The zero-order valence-electron chi connectivity index (χ0n) is 12.5. The summed E-state index contributed by atoms with van der Waals surface area (Å²) in [5, 5.41) is 0.648. The van der Waals surface area contributed by atoms with Gasteiger partial charge in [-0.3, -0.25) is 9.69 Å². The van der Waals surface area contributed by atoms with Crippen molar-refractivity contribution in [3.8, 4) is 5.75 Å². The summed E-state index contributed by atoms with van der Waals surface area (Å²) in [7, 11) is 3.05. The zero-order valence-corrected chi connectivity index (χ0v) is 13.3. The highest BCUT2D eigenvalue weighted by molar-refractivity contribution is 6.30. The predicted octanol–water partition coefficient (Wildman–Crippen LogP) is 2.23. The third kappa shape index (κ3) is 7.90. The number of benzene rings is 1. The van der Waals surface area contributed by atoms with Gasteiger partial charge in [-0.05, 0) is 18.2 Å². The van der Waals surface area contributed by atoms with Gasteiger partial charge in [0.1, 0.15) is 12.4 Å². The maximum atomic E-state index is 11.2. The molecule has 0 aliphatic rings. The van der Waals surface area contributed by atoms with Crippen molar-refractivity contribution < 1.29 is 19.0 Å². The molecule has 0 spiro atoms. The Morgan fingerprint density at radius 1 is 1.19 bits per heavy atom. The van der Waals surface area contributed by atoms with E-state index in [2.05, 4.69) is 9.64 Å². The van der Waals surface area contributed by atoms with E-state index in [1.54, 1.807) is 19.2 Å². The smallest absolute Gasteiger partial charge is 0.306 e. The van der Waals surface area contributed by atoms with Crippen molar-refractivity contribution in [2.45, 2.75) is 6.42 Å². The number of hydrogen-bond donors (Lipinski definition) is 0. The van der Waals surface area contributed by atoms with Crippen LogP contribution in [0.15, 0.2) is 24.3 Å². The molecule has 0 amide bonds. The van der Waals surface area contributed by atoms with E-state index >= 15 is 0 Å². The molecule has 1 aromatic rings. The molecule has 0 fully saturated rings. The normalized spacial score (nSPS) is 10.7. The SMILES string of the molecule is COCCN(CCOc1cccc(Cl)c1)CCC(=O)OC. The summed E-state index contributed by atoms with van der Waals surface area (Å²) >= 11 is 5.90. The molecule has 0 saturated heterocycles. The Bertz CT molecular complexity index is 428. The Morgan fingerprint density at radius 3 is 2.62 bits per heavy atom. The average molecular weight is 316 g/mol. The lowest BCUT2D eigenvalue weighted by molar-refractivity contribution is -0.141. The van der Waals surface area contributed by atoms with E-state index in [1.165, 1.54) is 7.11 Å². The first-order valence-electron chi connectivity index (χ1n) is 6.82. The van der Waals surface area contributed by atoms with Crippen LogP contribution >= 0.6 is 11.6 Å². The van der Waals surface area contributed by atoms with Crippen LogP contribution in [0.25, 0.3) is 0 Å². The molecule has 0 radical (unpaired) electrons. The predicted molar refractivity (Wildman–Crippen MR) is 81.9 cm³/mol. The van der Waals surface area contributed by atoms with Crippen LogP contribution in [0, 0.1) is 0 Å². The molecule has 0 aliphatic heterocycles. The molecule has 5 nitrogen and oxygen atoms in total. The molecule has 1 rings (SSSR count). The summed E-state index contributed by atoms with van der Waals surface area (Å²) in [6.07, 6.45) is 0.359. The van der Waals surface area contributed by atoms with Gasteiger partial charge in [0.25, 0.3) is 0 Å². The Hall–Kier alpha value is -1.30. The summed E-state index contributed by atoms with van der Waals surface area (Å²) in [4.78, 5) is 13.3. The van der Waals surface area contributed by atoms with E-state index in [9.17, 15) is 4.79 Å². The van der Waals surface area contributed by atoms with Crippen LogP contribution in [0.3, 0.4) is 0 Å². The number of carbonyl (C=O) groups excluding carboxylic acids is 1. The van der Waals surface area contributed by atoms with Gasteiger partial charge >= 0.3 is 5.97 Å².